The quantitative estimate of drug-likeness (QED) is 0.156. The highest BCUT2D eigenvalue weighted by Gasteiger charge is 2.52. The van der Waals surface area contributed by atoms with Crippen LogP contribution < -0.4 is 0 Å². The molecule has 0 amide bonds. The van der Waals surface area contributed by atoms with Gasteiger partial charge in [-0.1, -0.05) is 12.1 Å². The molecule has 12 nitrogen and oxygen atoms in total. The maximum atomic E-state index is 12.3. The first-order valence-electron chi connectivity index (χ1n) is 10.8. The number of carbonyl (C=O) groups excluding carboxylic acids is 2. The Balaban J connectivity index is 1.71. The van der Waals surface area contributed by atoms with Crippen molar-refractivity contribution in [1.82, 2.24) is 0 Å². The third-order valence-electron chi connectivity index (χ3n) is 5.60. The molecule has 1 aliphatic carbocycles. The van der Waals surface area contributed by atoms with E-state index in [0.717, 1.165) is 12.2 Å². The Morgan fingerprint density at radius 3 is 1.51 bits per heavy atom. The first kappa shape index (κ1) is 27.0. The molecule has 37 heavy (non-hydrogen) atoms. The van der Waals surface area contributed by atoms with Crippen LogP contribution in [0.3, 0.4) is 0 Å². The number of aliphatic hydroxyl groups is 2. The number of carboxylic acid groups (broad SMARTS) is 1. The summed E-state index contributed by atoms with van der Waals surface area (Å²) in [7, 11) is 0. The Kier molecular flexibility index (Phi) is 8.05. The summed E-state index contributed by atoms with van der Waals surface area (Å²) in [5.74, 6) is -5.31. The van der Waals surface area contributed by atoms with Crippen molar-refractivity contribution in [2.45, 2.75) is 36.8 Å². The average Bonchev–Trinajstić information content (AvgIpc) is 2.83. The molecule has 1 aliphatic rings. The maximum Gasteiger partial charge on any atom is 0.335 e. The van der Waals surface area contributed by atoms with Gasteiger partial charge in [-0.15, -0.1) is 0 Å². The fourth-order valence-corrected chi connectivity index (χ4v) is 3.62. The van der Waals surface area contributed by atoms with E-state index in [1.165, 1.54) is 48.6 Å². The predicted octanol–water partition coefficient (Wildman–Crippen LogP) is 1.03. The number of rotatable bonds is 7. The van der Waals surface area contributed by atoms with Gasteiger partial charge in [-0.2, -0.15) is 0 Å². The number of phenolic OH excluding ortho intramolecular Hbond substituents is 4. The molecule has 12 heteroatoms. The summed E-state index contributed by atoms with van der Waals surface area (Å²) in [6.07, 6.45) is -1.86. The molecule has 2 aromatic carbocycles. The van der Waals surface area contributed by atoms with Crippen LogP contribution in [0.1, 0.15) is 24.0 Å². The molecule has 0 heterocycles. The van der Waals surface area contributed by atoms with E-state index in [0.29, 0.717) is 11.1 Å². The summed E-state index contributed by atoms with van der Waals surface area (Å²) in [6, 6.07) is 7.49. The molecule has 4 atom stereocenters. The van der Waals surface area contributed by atoms with Crippen molar-refractivity contribution in [2.75, 3.05) is 0 Å². The highest BCUT2D eigenvalue weighted by atomic mass is 16.6. The molecular weight excluding hydrogens is 492 g/mol. The van der Waals surface area contributed by atoms with E-state index in [4.69, 9.17) is 9.47 Å². The van der Waals surface area contributed by atoms with E-state index in [1.54, 1.807) is 0 Å². The second kappa shape index (κ2) is 11.0. The largest absolute Gasteiger partial charge is 0.504 e. The van der Waals surface area contributed by atoms with Gasteiger partial charge in [0.25, 0.3) is 0 Å². The van der Waals surface area contributed by atoms with E-state index in [9.17, 15) is 50.1 Å². The lowest BCUT2D eigenvalue weighted by Crippen LogP contribution is -2.58. The number of carbonyl (C=O) groups is 3. The Morgan fingerprint density at radius 1 is 0.757 bits per heavy atom. The van der Waals surface area contributed by atoms with Gasteiger partial charge in [-0.25, -0.2) is 14.4 Å². The monoisotopic (exact) mass is 516 g/mol. The topological polar surface area (TPSA) is 211 Å². The van der Waals surface area contributed by atoms with Gasteiger partial charge in [0.1, 0.15) is 18.3 Å². The molecule has 0 bridgehead atoms. The molecule has 3 rings (SSSR count). The summed E-state index contributed by atoms with van der Waals surface area (Å²) >= 11 is 0. The zero-order valence-electron chi connectivity index (χ0n) is 19.1. The lowest BCUT2D eigenvalue weighted by molar-refractivity contribution is -0.203. The number of ether oxygens (including phenoxy) is 2. The summed E-state index contributed by atoms with van der Waals surface area (Å²) in [5, 5.41) is 68.3. The lowest BCUT2D eigenvalue weighted by atomic mass is 9.79. The molecule has 7 N–H and O–H groups in total. The minimum absolute atomic E-state index is 0.319. The number of aliphatic carboxylic acids is 1. The molecule has 0 spiro atoms. The van der Waals surface area contributed by atoms with Crippen LogP contribution >= 0.6 is 0 Å². The molecule has 0 radical (unpaired) electrons. The zero-order chi connectivity index (χ0) is 27.3. The first-order valence-corrected chi connectivity index (χ1v) is 10.8. The van der Waals surface area contributed by atoms with Crippen LogP contribution in [-0.2, 0) is 23.9 Å². The number of hydrogen-bond acceptors (Lipinski definition) is 11. The average molecular weight is 516 g/mol. The standard InChI is InChI=1S/C25H24O12/c26-15-5-1-13(9-17(15)28)3-7-21(30)36-19-11-25(35,24(33)34)12-20(23(19)32)37-22(31)8-4-14-2-6-16(27)18(29)10-14/h1-10,19-20,23,26-29,32,35H,11-12H2,(H,33,34)/b7-3+,8-4+/t19-,20?,23?,25?/m1/s1. The van der Waals surface area contributed by atoms with Gasteiger partial charge >= 0.3 is 17.9 Å². The van der Waals surface area contributed by atoms with Crippen molar-refractivity contribution in [3.05, 3.63) is 59.7 Å². The van der Waals surface area contributed by atoms with E-state index in [1.807, 2.05) is 0 Å². The fraction of sp³-hybridized carbons (Fsp3) is 0.240. The van der Waals surface area contributed by atoms with Crippen molar-refractivity contribution < 1.29 is 59.6 Å². The summed E-state index contributed by atoms with van der Waals surface area (Å²) in [4.78, 5) is 36.2. The van der Waals surface area contributed by atoms with E-state index >= 15 is 0 Å². The number of aliphatic hydroxyl groups excluding tert-OH is 1. The molecular formula is C25H24O12. The molecule has 2 aromatic rings. The number of carboxylic acids is 1. The third kappa shape index (κ3) is 6.78. The molecule has 0 aliphatic heterocycles. The van der Waals surface area contributed by atoms with Crippen molar-refractivity contribution in [3.63, 3.8) is 0 Å². The smallest absolute Gasteiger partial charge is 0.335 e. The molecule has 0 aromatic heterocycles. The fourth-order valence-electron chi connectivity index (χ4n) is 3.62. The highest BCUT2D eigenvalue weighted by Crippen LogP contribution is 2.33. The Morgan fingerprint density at radius 2 is 1.16 bits per heavy atom. The van der Waals surface area contributed by atoms with Crippen LogP contribution in [0.4, 0.5) is 0 Å². The number of phenols is 4. The van der Waals surface area contributed by atoms with Crippen molar-refractivity contribution in [1.29, 1.82) is 0 Å². The molecule has 1 fully saturated rings. The second-order valence-corrected chi connectivity index (χ2v) is 8.35. The normalized spacial score (nSPS) is 23.7. The third-order valence-corrected chi connectivity index (χ3v) is 5.60. The van der Waals surface area contributed by atoms with Crippen molar-refractivity contribution in [3.8, 4) is 23.0 Å². The molecule has 196 valence electrons. The summed E-state index contributed by atoms with van der Waals surface area (Å²) in [6.45, 7) is 0. The SMILES string of the molecule is O=C(/C=C/c1ccc(O)c(O)c1)OC1CC(O)(C(=O)O)C[C@@H](OC(=O)/C=C/c2ccc(O)c(O)c2)C1O. The zero-order valence-corrected chi connectivity index (χ0v) is 19.1. The molecule has 0 saturated heterocycles. The van der Waals surface area contributed by atoms with Crippen LogP contribution in [0.5, 0.6) is 23.0 Å². The van der Waals surface area contributed by atoms with Crippen LogP contribution in [-0.4, -0.2) is 77.6 Å². The van der Waals surface area contributed by atoms with E-state index in [2.05, 4.69) is 0 Å². The van der Waals surface area contributed by atoms with Gasteiger partial charge in [0.05, 0.1) is 0 Å². The second-order valence-electron chi connectivity index (χ2n) is 8.35. The molecule has 1 saturated carbocycles. The molecule has 3 unspecified atom stereocenters. The first-order chi connectivity index (χ1) is 17.4. The Labute approximate surface area is 209 Å². The van der Waals surface area contributed by atoms with Crippen molar-refractivity contribution in [2.24, 2.45) is 0 Å². The summed E-state index contributed by atoms with van der Waals surface area (Å²) in [5.41, 5.74) is -1.84. The Hall–Kier alpha value is -4.55. The van der Waals surface area contributed by atoms with Gasteiger partial charge in [0.15, 0.2) is 28.6 Å². The van der Waals surface area contributed by atoms with Gasteiger partial charge < -0.3 is 45.2 Å². The van der Waals surface area contributed by atoms with E-state index < -0.39 is 66.2 Å². The Bertz CT molecular complexity index is 1160. The van der Waals surface area contributed by atoms with Crippen LogP contribution in [0.25, 0.3) is 12.2 Å². The number of hydrogen-bond donors (Lipinski definition) is 7. The van der Waals surface area contributed by atoms with Gasteiger partial charge in [-0.3, -0.25) is 0 Å². The number of aromatic hydroxyl groups is 4. The van der Waals surface area contributed by atoms with Gasteiger partial charge in [0, 0.05) is 25.0 Å². The minimum Gasteiger partial charge on any atom is -0.504 e. The van der Waals surface area contributed by atoms with Crippen LogP contribution in [0.2, 0.25) is 0 Å². The summed E-state index contributed by atoms with van der Waals surface area (Å²) < 4.78 is 10.2. The van der Waals surface area contributed by atoms with Crippen molar-refractivity contribution >= 4 is 30.1 Å². The predicted molar refractivity (Wildman–Crippen MR) is 125 cm³/mol. The van der Waals surface area contributed by atoms with Crippen LogP contribution in [0, 0.1) is 0 Å². The number of esters is 2. The lowest BCUT2D eigenvalue weighted by Gasteiger charge is -2.40. The van der Waals surface area contributed by atoms with E-state index in [-0.39, 0.29) is 11.5 Å². The van der Waals surface area contributed by atoms with Crippen LogP contribution in [0.15, 0.2) is 48.6 Å². The van der Waals surface area contributed by atoms with Gasteiger partial charge in [-0.05, 0) is 47.5 Å². The maximum absolute atomic E-state index is 12.3. The number of benzene rings is 2. The minimum atomic E-state index is -2.48. The van der Waals surface area contributed by atoms with Gasteiger partial charge in [0.2, 0.25) is 0 Å². The highest BCUT2D eigenvalue weighted by molar-refractivity contribution is 5.88.